The largest absolute Gasteiger partial charge is 0.367 e. The maximum absolute atomic E-state index is 13.1. The summed E-state index contributed by atoms with van der Waals surface area (Å²) in [6, 6.07) is 0.838. The summed E-state index contributed by atoms with van der Waals surface area (Å²) in [6.45, 7) is 2.82. The van der Waals surface area contributed by atoms with Gasteiger partial charge in [-0.25, -0.2) is 13.8 Å². The molecule has 0 amide bonds. The molecule has 0 saturated heterocycles. The van der Waals surface area contributed by atoms with Crippen LogP contribution in [0, 0.1) is 17.0 Å². The molecule has 1 heterocycles. The second-order valence-electron chi connectivity index (χ2n) is 4.15. The third kappa shape index (κ3) is 2.00. The minimum atomic E-state index is -0.648. The first-order valence-electron chi connectivity index (χ1n) is 4.64. The summed E-state index contributed by atoms with van der Waals surface area (Å²) >= 11 is 0. The van der Waals surface area contributed by atoms with Gasteiger partial charge in [0, 0.05) is 12.6 Å². The molecule has 14 heavy (non-hydrogen) atoms. The minimum absolute atomic E-state index is 0.138. The van der Waals surface area contributed by atoms with Crippen LogP contribution in [-0.4, -0.2) is 11.5 Å². The third-order valence-electron chi connectivity index (χ3n) is 2.59. The van der Waals surface area contributed by atoms with Crippen LogP contribution in [0.15, 0.2) is 12.3 Å². The van der Waals surface area contributed by atoms with E-state index in [4.69, 9.17) is 0 Å². The lowest BCUT2D eigenvalue weighted by Crippen LogP contribution is -2.13. The summed E-state index contributed by atoms with van der Waals surface area (Å²) in [7, 11) is 0. The Morgan fingerprint density at radius 2 is 2.21 bits per heavy atom. The van der Waals surface area contributed by atoms with Gasteiger partial charge in [-0.2, -0.15) is 0 Å². The summed E-state index contributed by atoms with van der Waals surface area (Å²) in [5, 5.41) is 2.89. The number of hydrogen-bond donors (Lipinski definition) is 1. The monoisotopic (exact) mass is 198 g/mol. The molecule has 76 valence electrons. The smallest absolute Gasteiger partial charge is 0.168 e. The fourth-order valence-electron chi connectivity index (χ4n) is 1.23. The van der Waals surface area contributed by atoms with Gasteiger partial charge < -0.3 is 5.32 Å². The van der Waals surface area contributed by atoms with Gasteiger partial charge in [0.1, 0.15) is 5.82 Å². The van der Waals surface area contributed by atoms with Gasteiger partial charge in [0.05, 0.1) is 6.20 Å². The van der Waals surface area contributed by atoms with E-state index in [2.05, 4.69) is 17.2 Å². The SMILES string of the molecule is CC1(CNc2ncc(F)cc2F)CC1. The molecule has 0 aromatic carbocycles. The van der Waals surface area contributed by atoms with Crippen LogP contribution < -0.4 is 5.32 Å². The van der Waals surface area contributed by atoms with Crippen molar-refractivity contribution in [1.82, 2.24) is 4.98 Å². The van der Waals surface area contributed by atoms with E-state index in [-0.39, 0.29) is 11.2 Å². The minimum Gasteiger partial charge on any atom is -0.367 e. The molecule has 2 nitrogen and oxygen atoms in total. The van der Waals surface area contributed by atoms with E-state index < -0.39 is 11.6 Å². The Hall–Kier alpha value is -1.19. The number of halogens is 2. The van der Waals surface area contributed by atoms with Crippen molar-refractivity contribution in [2.24, 2.45) is 5.41 Å². The van der Waals surface area contributed by atoms with Gasteiger partial charge in [0.25, 0.3) is 0 Å². The average molecular weight is 198 g/mol. The summed E-state index contributed by atoms with van der Waals surface area (Å²) in [5.41, 5.74) is 0.280. The van der Waals surface area contributed by atoms with Crippen LogP contribution in [0.5, 0.6) is 0 Å². The first-order valence-corrected chi connectivity index (χ1v) is 4.64. The van der Waals surface area contributed by atoms with Gasteiger partial charge in [-0.1, -0.05) is 6.92 Å². The predicted molar refractivity (Wildman–Crippen MR) is 50.0 cm³/mol. The lowest BCUT2D eigenvalue weighted by atomic mass is 10.1. The normalized spacial score (nSPS) is 17.9. The van der Waals surface area contributed by atoms with Gasteiger partial charge in [-0.15, -0.1) is 0 Å². The molecule has 2 rings (SSSR count). The molecule has 1 aromatic rings. The van der Waals surface area contributed by atoms with Gasteiger partial charge in [0.15, 0.2) is 11.6 Å². The molecule has 0 atom stereocenters. The Kier molecular flexibility index (Phi) is 2.13. The van der Waals surface area contributed by atoms with Crippen molar-refractivity contribution in [1.29, 1.82) is 0 Å². The van der Waals surface area contributed by atoms with E-state index in [9.17, 15) is 8.78 Å². The Bertz CT molecular complexity index is 348. The van der Waals surface area contributed by atoms with Crippen molar-refractivity contribution in [3.63, 3.8) is 0 Å². The van der Waals surface area contributed by atoms with E-state index in [0.29, 0.717) is 6.54 Å². The maximum atomic E-state index is 13.1. The van der Waals surface area contributed by atoms with E-state index in [1.54, 1.807) is 0 Å². The highest BCUT2D eigenvalue weighted by Crippen LogP contribution is 2.44. The number of nitrogens with one attached hydrogen (secondary N) is 1. The number of hydrogen-bond acceptors (Lipinski definition) is 2. The fraction of sp³-hybridized carbons (Fsp3) is 0.500. The zero-order valence-corrected chi connectivity index (χ0v) is 7.98. The van der Waals surface area contributed by atoms with Crippen molar-refractivity contribution in [3.05, 3.63) is 23.9 Å². The molecular weight excluding hydrogens is 186 g/mol. The summed E-state index contributed by atoms with van der Waals surface area (Å²) in [4.78, 5) is 3.65. The van der Waals surface area contributed by atoms with Crippen LogP contribution in [0.3, 0.4) is 0 Å². The summed E-state index contributed by atoms with van der Waals surface area (Å²) < 4.78 is 25.6. The van der Waals surface area contributed by atoms with E-state index >= 15 is 0 Å². The lowest BCUT2D eigenvalue weighted by Gasteiger charge is -2.10. The fourth-order valence-corrected chi connectivity index (χ4v) is 1.23. The van der Waals surface area contributed by atoms with Crippen LogP contribution in [-0.2, 0) is 0 Å². The molecule has 1 aliphatic rings. The number of rotatable bonds is 3. The van der Waals surface area contributed by atoms with Gasteiger partial charge in [-0.05, 0) is 18.3 Å². The Balaban J connectivity index is 2.02. The standard InChI is InChI=1S/C10H12F2N2/c1-10(2-3-10)6-14-9-8(12)4-7(11)5-13-9/h4-5H,2-3,6H2,1H3,(H,13,14). The Morgan fingerprint density at radius 3 is 2.79 bits per heavy atom. The topological polar surface area (TPSA) is 24.9 Å². The van der Waals surface area contributed by atoms with E-state index in [1.165, 1.54) is 0 Å². The first kappa shape index (κ1) is 9.37. The number of aromatic nitrogens is 1. The molecule has 1 fully saturated rings. The molecule has 0 bridgehead atoms. The molecule has 0 unspecified atom stereocenters. The van der Waals surface area contributed by atoms with Gasteiger partial charge >= 0.3 is 0 Å². The zero-order valence-electron chi connectivity index (χ0n) is 7.98. The Morgan fingerprint density at radius 1 is 1.50 bits per heavy atom. The predicted octanol–water partition coefficient (Wildman–Crippen LogP) is 2.57. The van der Waals surface area contributed by atoms with Crippen molar-refractivity contribution in [2.45, 2.75) is 19.8 Å². The second-order valence-corrected chi connectivity index (χ2v) is 4.15. The first-order chi connectivity index (χ1) is 6.59. The van der Waals surface area contributed by atoms with Crippen molar-refractivity contribution in [2.75, 3.05) is 11.9 Å². The van der Waals surface area contributed by atoms with Crippen LogP contribution >= 0.6 is 0 Å². The highest BCUT2D eigenvalue weighted by Gasteiger charge is 2.36. The van der Waals surface area contributed by atoms with Crippen molar-refractivity contribution >= 4 is 5.82 Å². The molecule has 0 aliphatic heterocycles. The third-order valence-corrected chi connectivity index (χ3v) is 2.59. The molecule has 0 radical (unpaired) electrons. The van der Waals surface area contributed by atoms with Gasteiger partial charge in [-0.3, -0.25) is 0 Å². The highest BCUT2D eigenvalue weighted by molar-refractivity contribution is 5.36. The van der Waals surface area contributed by atoms with Gasteiger partial charge in [0.2, 0.25) is 0 Å². The Labute approximate surface area is 81.4 Å². The van der Waals surface area contributed by atoms with E-state index in [1.807, 2.05) is 0 Å². The average Bonchev–Trinajstić information content (AvgIpc) is 2.83. The lowest BCUT2D eigenvalue weighted by molar-refractivity contribution is 0.567. The van der Waals surface area contributed by atoms with Crippen molar-refractivity contribution in [3.8, 4) is 0 Å². The second kappa shape index (κ2) is 3.19. The highest BCUT2D eigenvalue weighted by atomic mass is 19.1. The zero-order chi connectivity index (χ0) is 10.2. The quantitative estimate of drug-likeness (QED) is 0.807. The number of pyridine rings is 1. The summed E-state index contributed by atoms with van der Waals surface area (Å²) in [5.74, 6) is -1.14. The molecule has 0 spiro atoms. The number of nitrogens with zero attached hydrogens (tertiary/aromatic N) is 1. The molecule has 1 aromatic heterocycles. The molecular formula is C10H12F2N2. The van der Waals surface area contributed by atoms with Crippen LogP contribution in [0.25, 0.3) is 0 Å². The number of anilines is 1. The maximum Gasteiger partial charge on any atom is 0.168 e. The van der Waals surface area contributed by atoms with Crippen LogP contribution in [0.1, 0.15) is 19.8 Å². The van der Waals surface area contributed by atoms with E-state index in [0.717, 1.165) is 25.1 Å². The summed E-state index contributed by atoms with van der Waals surface area (Å²) in [6.07, 6.45) is 3.33. The molecule has 1 N–H and O–H groups in total. The molecule has 4 heteroatoms. The van der Waals surface area contributed by atoms with Crippen molar-refractivity contribution < 1.29 is 8.78 Å². The van der Waals surface area contributed by atoms with Crippen LogP contribution in [0.4, 0.5) is 14.6 Å². The molecule has 1 saturated carbocycles. The van der Waals surface area contributed by atoms with Crippen LogP contribution in [0.2, 0.25) is 0 Å². The molecule has 1 aliphatic carbocycles.